The lowest BCUT2D eigenvalue weighted by Crippen LogP contribution is -2.37. The van der Waals surface area contributed by atoms with Crippen LogP contribution in [0.3, 0.4) is 0 Å². The molecule has 0 aromatic heterocycles. The van der Waals surface area contributed by atoms with E-state index in [0.29, 0.717) is 23.8 Å². The molecule has 20 heavy (non-hydrogen) atoms. The standard InChI is InChI=1S/C15H26N4O/c1-5-12(3)19(4)9-8-17-15(20)13-10-11(2)6-7-14(13)18-16/h6-7,10,12,18H,5,8-9,16H2,1-4H3,(H,17,20). The van der Waals surface area contributed by atoms with E-state index in [1.54, 1.807) is 0 Å². The summed E-state index contributed by atoms with van der Waals surface area (Å²) in [6, 6.07) is 6.09. The van der Waals surface area contributed by atoms with Crippen molar-refractivity contribution < 1.29 is 4.79 Å². The summed E-state index contributed by atoms with van der Waals surface area (Å²) >= 11 is 0. The maximum atomic E-state index is 12.2. The summed E-state index contributed by atoms with van der Waals surface area (Å²) in [4.78, 5) is 14.4. The Hall–Kier alpha value is -1.59. The molecule has 0 radical (unpaired) electrons. The predicted molar refractivity (Wildman–Crippen MR) is 83.7 cm³/mol. The molecule has 0 saturated heterocycles. The molecule has 0 heterocycles. The van der Waals surface area contributed by atoms with Crippen LogP contribution in [-0.2, 0) is 0 Å². The fraction of sp³-hybridized carbons (Fsp3) is 0.533. The molecule has 0 bridgehead atoms. The minimum Gasteiger partial charge on any atom is -0.351 e. The lowest BCUT2D eigenvalue weighted by molar-refractivity contribution is 0.0948. The minimum atomic E-state index is -0.0980. The molecular weight excluding hydrogens is 252 g/mol. The fourth-order valence-corrected chi connectivity index (χ4v) is 1.94. The fourth-order valence-electron chi connectivity index (χ4n) is 1.94. The van der Waals surface area contributed by atoms with Crippen molar-refractivity contribution in [2.24, 2.45) is 5.84 Å². The molecule has 1 rings (SSSR count). The quantitative estimate of drug-likeness (QED) is 0.525. The van der Waals surface area contributed by atoms with Gasteiger partial charge in [-0.3, -0.25) is 10.6 Å². The van der Waals surface area contributed by atoms with Crippen molar-refractivity contribution in [3.05, 3.63) is 29.3 Å². The molecule has 5 heteroatoms. The van der Waals surface area contributed by atoms with Gasteiger partial charge in [0.25, 0.3) is 5.91 Å². The average molecular weight is 278 g/mol. The zero-order valence-corrected chi connectivity index (χ0v) is 12.9. The number of anilines is 1. The number of hydrazine groups is 1. The highest BCUT2D eigenvalue weighted by atomic mass is 16.1. The molecule has 5 nitrogen and oxygen atoms in total. The Morgan fingerprint density at radius 2 is 2.15 bits per heavy atom. The van der Waals surface area contributed by atoms with Crippen molar-refractivity contribution in [2.45, 2.75) is 33.2 Å². The molecule has 112 valence electrons. The molecule has 0 aliphatic rings. The Kier molecular flexibility index (Phi) is 6.48. The van der Waals surface area contributed by atoms with Crippen LogP contribution >= 0.6 is 0 Å². The van der Waals surface area contributed by atoms with E-state index in [1.807, 2.05) is 25.1 Å². The van der Waals surface area contributed by atoms with E-state index in [1.165, 1.54) is 0 Å². The van der Waals surface area contributed by atoms with Crippen LogP contribution in [0.15, 0.2) is 18.2 Å². The number of carbonyl (C=O) groups excluding carboxylic acids is 1. The molecule has 1 unspecified atom stereocenters. The van der Waals surface area contributed by atoms with Gasteiger partial charge in [-0.2, -0.15) is 0 Å². The normalized spacial score (nSPS) is 12.3. The van der Waals surface area contributed by atoms with Crippen molar-refractivity contribution in [1.82, 2.24) is 10.2 Å². The van der Waals surface area contributed by atoms with Gasteiger partial charge in [0.1, 0.15) is 0 Å². The first-order valence-electron chi connectivity index (χ1n) is 7.05. The summed E-state index contributed by atoms with van der Waals surface area (Å²) in [6.45, 7) is 7.74. The van der Waals surface area contributed by atoms with Gasteiger partial charge in [0.2, 0.25) is 0 Å². The van der Waals surface area contributed by atoms with Gasteiger partial charge in [-0.25, -0.2) is 0 Å². The highest BCUT2D eigenvalue weighted by molar-refractivity contribution is 5.99. The number of amides is 1. The summed E-state index contributed by atoms with van der Waals surface area (Å²) in [7, 11) is 2.07. The second kappa shape index (κ2) is 7.87. The molecule has 0 aliphatic heterocycles. The lowest BCUT2D eigenvalue weighted by Gasteiger charge is -2.23. The first kappa shape index (κ1) is 16.5. The summed E-state index contributed by atoms with van der Waals surface area (Å²) in [6.07, 6.45) is 1.10. The molecule has 1 aromatic carbocycles. The summed E-state index contributed by atoms with van der Waals surface area (Å²) in [5.74, 6) is 5.34. The van der Waals surface area contributed by atoms with Gasteiger partial charge in [-0.15, -0.1) is 0 Å². The molecule has 0 saturated carbocycles. The van der Waals surface area contributed by atoms with Crippen LogP contribution in [0.25, 0.3) is 0 Å². The number of likely N-dealkylation sites (N-methyl/N-ethyl adjacent to an activating group) is 1. The summed E-state index contributed by atoms with van der Waals surface area (Å²) in [5, 5.41) is 2.93. The smallest absolute Gasteiger partial charge is 0.253 e. The third-order valence-corrected chi connectivity index (χ3v) is 3.67. The van der Waals surface area contributed by atoms with E-state index >= 15 is 0 Å². The largest absolute Gasteiger partial charge is 0.351 e. The van der Waals surface area contributed by atoms with Gasteiger partial charge in [0.15, 0.2) is 0 Å². The zero-order chi connectivity index (χ0) is 15.1. The van der Waals surface area contributed by atoms with E-state index in [2.05, 4.69) is 36.5 Å². The van der Waals surface area contributed by atoms with E-state index in [4.69, 9.17) is 5.84 Å². The number of hydrogen-bond acceptors (Lipinski definition) is 4. The minimum absolute atomic E-state index is 0.0980. The number of nitrogens with zero attached hydrogens (tertiary/aromatic N) is 1. The molecule has 0 spiro atoms. The number of nitrogen functional groups attached to an aromatic ring is 1. The van der Waals surface area contributed by atoms with Crippen LogP contribution in [0, 0.1) is 6.92 Å². The molecular formula is C15H26N4O. The van der Waals surface area contributed by atoms with Gasteiger partial charge < -0.3 is 15.6 Å². The molecule has 4 N–H and O–H groups in total. The molecule has 0 aliphatic carbocycles. The van der Waals surface area contributed by atoms with E-state index in [0.717, 1.165) is 18.5 Å². The molecule has 1 amide bonds. The molecule has 1 atom stereocenters. The van der Waals surface area contributed by atoms with Gasteiger partial charge in [0.05, 0.1) is 11.3 Å². The highest BCUT2D eigenvalue weighted by Crippen LogP contribution is 2.15. The third kappa shape index (κ3) is 4.51. The Balaban J connectivity index is 2.57. The Morgan fingerprint density at radius 1 is 1.45 bits per heavy atom. The average Bonchev–Trinajstić information content (AvgIpc) is 2.45. The second-order valence-corrected chi connectivity index (χ2v) is 5.19. The van der Waals surface area contributed by atoms with Crippen LogP contribution < -0.4 is 16.6 Å². The number of aryl methyl sites for hydroxylation is 1. The second-order valence-electron chi connectivity index (χ2n) is 5.19. The van der Waals surface area contributed by atoms with Gasteiger partial charge in [0, 0.05) is 19.1 Å². The number of hydrogen-bond donors (Lipinski definition) is 3. The SMILES string of the molecule is CCC(C)N(C)CCNC(=O)c1cc(C)ccc1NN. The lowest BCUT2D eigenvalue weighted by atomic mass is 10.1. The predicted octanol–water partition coefficient (Wildman–Crippen LogP) is 1.74. The van der Waals surface area contributed by atoms with Crippen molar-refractivity contribution in [2.75, 3.05) is 25.6 Å². The third-order valence-electron chi connectivity index (χ3n) is 3.67. The summed E-state index contributed by atoms with van der Waals surface area (Å²) in [5.41, 5.74) is 4.82. The summed E-state index contributed by atoms with van der Waals surface area (Å²) < 4.78 is 0. The highest BCUT2D eigenvalue weighted by Gasteiger charge is 2.12. The monoisotopic (exact) mass is 278 g/mol. The number of nitrogens with one attached hydrogen (secondary N) is 2. The molecule has 0 fully saturated rings. The van der Waals surface area contributed by atoms with Crippen molar-refractivity contribution >= 4 is 11.6 Å². The van der Waals surface area contributed by atoms with Crippen LogP contribution in [0.1, 0.15) is 36.2 Å². The zero-order valence-electron chi connectivity index (χ0n) is 12.9. The van der Waals surface area contributed by atoms with Crippen molar-refractivity contribution in [3.63, 3.8) is 0 Å². The number of rotatable bonds is 7. The Bertz CT molecular complexity index is 447. The topological polar surface area (TPSA) is 70.4 Å². The Morgan fingerprint density at radius 3 is 2.75 bits per heavy atom. The molecule has 1 aromatic rings. The van der Waals surface area contributed by atoms with Crippen LogP contribution in [0.2, 0.25) is 0 Å². The van der Waals surface area contributed by atoms with Crippen molar-refractivity contribution in [1.29, 1.82) is 0 Å². The Labute approximate surface area is 121 Å². The van der Waals surface area contributed by atoms with Crippen molar-refractivity contribution in [3.8, 4) is 0 Å². The number of nitrogens with two attached hydrogens (primary N) is 1. The first-order valence-corrected chi connectivity index (χ1v) is 7.05. The van der Waals surface area contributed by atoms with Crippen LogP contribution in [-0.4, -0.2) is 37.0 Å². The van der Waals surface area contributed by atoms with Gasteiger partial charge in [-0.1, -0.05) is 18.6 Å². The number of carbonyl (C=O) groups is 1. The van der Waals surface area contributed by atoms with Crippen LogP contribution in [0.4, 0.5) is 5.69 Å². The number of benzene rings is 1. The van der Waals surface area contributed by atoms with E-state index < -0.39 is 0 Å². The first-order chi connectivity index (χ1) is 9.49. The van der Waals surface area contributed by atoms with E-state index in [9.17, 15) is 4.79 Å². The van der Waals surface area contributed by atoms with Gasteiger partial charge in [-0.05, 0) is 39.4 Å². The van der Waals surface area contributed by atoms with E-state index in [-0.39, 0.29) is 5.91 Å². The van der Waals surface area contributed by atoms with Gasteiger partial charge >= 0.3 is 0 Å². The maximum absolute atomic E-state index is 12.2. The maximum Gasteiger partial charge on any atom is 0.253 e. The van der Waals surface area contributed by atoms with Crippen LogP contribution in [0.5, 0.6) is 0 Å².